The first-order valence-corrected chi connectivity index (χ1v) is 4.90. The molecule has 0 radical (unpaired) electrons. The summed E-state index contributed by atoms with van der Waals surface area (Å²) in [6.07, 6.45) is 3.78. The van der Waals surface area contributed by atoms with Crippen LogP contribution in [0.15, 0.2) is 0 Å². The van der Waals surface area contributed by atoms with Crippen molar-refractivity contribution in [1.29, 1.82) is 0 Å². The van der Waals surface area contributed by atoms with Gasteiger partial charge in [0.2, 0.25) is 0 Å². The van der Waals surface area contributed by atoms with Crippen LogP contribution in [0.2, 0.25) is 0 Å². The maximum absolute atomic E-state index is 11.2. The van der Waals surface area contributed by atoms with Crippen molar-refractivity contribution in [3.63, 3.8) is 0 Å². The zero-order valence-electron chi connectivity index (χ0n) is 8.71. The second-order valence-electron chi connectivity index (χ2n) is 4.43. The van der Waals surface area contributed by atoms with Gasteiger partial charge in [-0.2, -0.15) is 0 Å². The molecule has 1 aliphatic carbocycles. The minimum atomic E-state index is -0.663. The molecule has 0 aromatic rings. The standard InChI is InChI=1S/C10H19NO2/c1-8-5-4-6-10(7-8,9(12)13)11(2)3/h8H,4-7H2,1-3H3,(H,12,13). The molecule has 1 saturated carbocycles. The van der Waals surface area contributed by atoms with Crippen LogP contribution in [0.4, 0.5) is 0 Å². The first-order chi connectivity index (χ1) is 5.99. The molecule has 0 aliphatic heterocycles. The molecule has 1 aliphatic rings. The van der Waals surface area contributed by atoms with E-state index in [9.17, 15) is 9.90 Å². The second-order valence-corrected chi connectivity index (χ2v) is 4.43. The molecule has 76 valence electrons. The number of carboxylic acid groups (broad SMARTS) is 1. The van der Waals surface area contributed by atoms with Gasteiger partial charge in [-0.15, -0.1) is 0 Å². The van der Waals surface area contributed by atoms with Crippen LogP contribution in [0.1, 0.15) is 32.6 Å². The summed E-state index contributed by atoms with van der Waals surface area (Å²) in [6.45, 7) is 2.14. The SMILES string of the molecule is CC1CCCC(C(=O)O)(N(C)C)C1. The summed E-state index contributed by atoms with van der Waals surface area (Å²) in [6, 6.07) is 0. The lowest BCUT2D eigenvalue weighted by Gasteiger charge is -2.41. The third-order valence-electron chi connectivity index (χ3n) is 3.23. The number of aliphatic carboxylic acids is 1. The third-order valence-corrected chi connectivity index (χ3v) is 3.23. The van der Waals surface area contributed by atoms with Crippen LogP contribution in [0, 0.1) is 5.92 Å². The number of hydrogen-bond donors (Lipinski definition) is 1. The molecule has 0 heterocycles. The minimum absolute atomic E-state index is 0.534. The van der Waals surface area contributed by atoms with Gasteiger partial charge in [-0.1, -0.05) is 19.8 Å². The van der Waals surface area contributed by atoms with E-state index in [2.05, 4.69) is 6.92 Å². The number of carbonyl (C=O) groups is 1. The molecule has 0 aromatic carbocycles. The number of rotatable bonds is 2. The van der Waals surface area contributed by atoms with Crippen LogP contribution < -0.4 is 0 Å². The van der Waals surface area contributed by atoms with E-state index in [0.29, 0.717) is 5.92 Å². The van der Waals surface area contributed by atoms with Crippen molar-refractivity contribution in [2.45, 2.75) is 38.1 Å². The third kappa shape index (κ3) is 1.85. The number of nitrogens with zero attached hydrogens (tertiary/aromatic N) is 1. The van der Waals surface area contributed by atoms with Gasteiger partial charge in [-0.3, -0.25) is 9.69 Å². The molecule has 3 heteroatoms. The van der Waals surface area contributed by atoms with Gasteiger partial charge in [0, 0.05) is 0 Å². The van der Waals surface area contributed by atoms with Crippen molar-refractivity contribution in [3.05, 3.63) is 0 Å². The van der Waals surface area contributed by atoms with E-state index in [4.69, 9.17) is 0 Å². The van der Waals surface area contributed by atoms with Crippen LogP contribution in [-0.2, 0) is 4.79 Å². The molecular weight excluding hydrogens is 166 g/mol. The molecule has 0 bridgehead atoms. The Morgan fingerprint density at radius 3 is 2.46 bits per heavy atom. The van der Waals surface area contributed by atoms with Crippen LogP contribution in [0.25, 0.3) is 0 Å². The van der Waals surface area contributed by atoms with Crippen molar-refractivity contribution in [3.8, 4) is 0 Å². The van der Waals surface area contributed by atoms with Crippen molar-refractivity contribution < 1.29 is 9.90 Å². The van der Waals surface area contributed by atoms with Crippen LogP contribution in [-0.4, -0.2) is 35.6 Å². The fraction of sp³-hybridized carbons (Fsp3) is 0.900. The Labute approximate surface area is 79.7 Å². The molecule has 0 spiro atoms. The lowest BCUT2D eigenvalue weighted by atomic mass is 9.75. The van der Waals surface area contributed by atoms with Gasteiger partial charge in [0.25, 0.3) is 0 Å². The molecule has 1 rings (SSSR count). The van der Waals surface area contributed by atoms with Crippen LogP contribution >= 0.6 is 0 Å². The van der Waals surface area contributed by atoms with E-state index in [1.165, 1.54) is 6.42 Å². The van der Waals surface area contributed by atoms with E-state index < -0.39 is 11.5 Å². The molecule has 2 atom stereocenters. The highest BCUT2D eigenvalue weighted by molar-refractivity contribution is 5.78. The Bertz CT molecular complexity index is 203. The quantitative estimate of drug-likeness (QED) is 0.710. The van der Waals surface area contributed by atoms with Gasteiger partial charge >= 0.3 is 5.97 Å². The van der Waals surface area contributed by atoms with Crippen molar-refractivity contribution in [2.24, 2.45) is 5.92 Å². The van der Waals surface area contributed by atoms with Crippen molar-refractivity contribution in [2.75, 3.05) is 14.1 Å². The second kappa shape index (κ2) is 3.66. The monoisotopic (exact) mass is 185 g/mol. The van der Waals surface area contributed by atoms with Crippen LogP contribution in [0.5, 0.6) is 0 Å². The van der Waals surface area contributed by atoms with Crippen molar-refractivity contribution >= 4 is 5.97 Å². The summed E-state index contributed by atoms with van der Waals surface area (Å²) in [5, 5.41) is 9.24. The molecular formula is C10H19NO2. The summed E-state index contributed by atoms with van der Waals surface area (Å²) in [4.78, 5) is 13.1. The smallest absolute Gasteiger partial charge is 0.324 e. The van der Waals surface area contributed by atoms with Gasteiger partial charge in [-0.25, -0.2) is 0 Å². The summed E-state index contributed by atoms with van der Waals surface area (Å²) in [5.74, 6) is -0.128. The zero-order chi connectivity index (χ0) is 10.1. The fourth-order valence-electron chi connectivity index (χ4n) is 2.32. The largest absolute Gasteiger partial charge is 0.480 e. The summed E-state index contributed by atoms with van der Waals surface area (Å²) < 4.78 is 0. The molecule has 1 N–H and O–H groups in total. The van der Waals surface area contributed by atoms with Gasteiger partial charge in [0.1, 0.15) is 5.54 Å². The Hall–Kier alpha value is -0.570. The first kappa shape index (κ1) is 10.5. The molecule has 0 saturated heterocycles. The number of hydrogen-bond acceptors (Lipinski definition) is 2. The van der Waals surface area contributed by atoms with E-state index >= 15 is 0 Å². The Kier molecular flexibility index (Phi) is 2.96. The van der Waals surface area contributed by atoms with Crippen LogP contribution in [0.3, 0.4) is 0 Å². The molecule has 2 unspecified atom stereocenters. The van der Waals surface area contributed by atoms with E-state index in [1.54, 1.807) is 0 Å². The molecule has 0 aromatic heterocycles. The summed E-state index contributed by atoms with van der Waals surface area (Å²) in [7, 11) is 3.73. The predicted molar refractivity (Wildman–Crippen MR) is 51.7 cm³/mol. The van der Waals surface area contributed by atoms with Gasteiger partial charge < -0.3 is 5.11 Å². The predicted octanol–water partition coefficient (Wildman–Crippen LogP) is 1.58. The highest BCUT2D eigenvalue weighted by Gasteiger charge is 2.43. The maximum Gasteiger partial charge on any atom is 0.324 e. The lowest BCUT2D eigenvalue weighted by Crippen LogP contribution is -2.53. The summed E-state index contributed by atoms with van der Waals surface area (Å²) >= 11 is 0. The van der Waals surface area contributed by atoms with Crippen molar-refractivity contribution in [1.82, 2.24) is 4.90 Å². The van der Waals surface area contributed by atoms with E-state index in [-0.39, 0.29) is 0 Å². The Morgan fingerprint density at radius 1 is 1.54 bits per heavy atom. The number of carboxylic acids is 1. The first-order valence-electron chi connectivity index (χ1n) is 4.90. The van der Waals surface area contributed by atoms with E-state index in [1.807, 2.05) is 19.0 Å². The van der Waals surface area contributed by atoms with Gasteiger partial charge in [0.15, 0.2) is 0 Å². The maximum atomic E-state index is 11.2. The average Bonchev–Trinajstić information content (AvgIpc) is 2.03. The van der Waals surface area contributed by atoms with Gasteiger partial charge in [0.05, 0.1) is 0 Å². The normalized spacial score (nSPS) is 34.9. The molecule has 13 heavy (non-hydrogen) atoms. The molecule has 0 amide bonds. The average molecular weight is 185 g/mol. The summed E-state index contributed by atoms with van der Waals surface area (Å²) in [5.41, 5.74) is -0.600. The molecule has 1 fully saturated rings. The minimum Gasteiger partial charge on any atom is -0.480 e. The topological polar surface area (TPSA) is 40.5 Å². The Morgan fingerprint density at radius 2 is 2.15 bits per heavy atom. The lowest BCUT2D eigenvalue weighted by molar-refractivity contribution is -0.153. The highest BCUT2D eigenvalue weighted by atomic mass is 16.4. The fourth-order valence-corrected chi connectivity index (χ4v) is 2.32. The molecule has 3 nitrogen and oxygen atoms in total. The zero-order valence-corrected chi connectivity index (χ0v) is 8.71. The number of likely N-dealkylation sites (N-methyl/N-ethyl adjacent to an activating group) is 1. The Balaban J connectivity index is 2.83. The van der Waals surface area contributed by atoms with Gasteiger partial charge in [-0.05, 0) is 32.9 Å². The van der Waals surface area contributed by atoms with E-state index in [0.717, 1.165) is 19.3 Å². The highest BCUT2D eigenvalue weighted by Crippen LogP contribution is 2.35.